The molecule has 1 amide bonds. The van der Waals surface area contributed by atoms with Crippen molar-refractivity contribution in [1.29, 1.82) is 0 Å². The molecule has 0 rings (SSSR count). The van der Waals surface area contributed by atoms with Crippen molar-refractivity contribution < 1.29 is 23.9 Å². The number of esters is 1. The maximum Gasteiger partial charge on any atom is 0.411 e. The van der Waals surface area contributed by atoms with Crippen molar-refractivity contribution in [3.05, 3.63) is 11.3 Å². The van der Waals surface area contributed by atoms with E-state index in [4.69, 9.17) is 9.47 Å². The molecule has 0 aliphatic carbocycles. The summed E-state index contributed by atoms with van der Waals surface area (Å²) in [5.74, 6) is -0.556. The van der Waals surface area contributed by atoms with Crippen molar-refractivity contribution >= 4 is 18.1 Å². The molecule has 0 aromatic carbocycles. The van der Waals surface area contributed by atoms with E-state index in [1.165, 1.54) is 6.08 Å². The van der Waals surface area contributed by atoms with Gasteiger partial charge in [-0.05, 0) is 26.7 Å². The van der Waals surface area contributed by atoms with Gasteiger partial charge in [-0.2, -0.15) is 0 Å². The van der Waals surface area contributed by atoms with Crippen LogP contribution in [0.1, 0.15) is 40.0 Å². The van der Waals surface area contributed by atoms with Crippen LogP contribution in [0.2, 0.25) is 0 Å². The van der Waals surface area contributed by atoms with Crippen LogP contribution in [0.15, 0.2) is 16.3 Å². The van der Waals surface area contributed by atoms with Crippen LogP contribution in [0, 0.1) is 0 Å². The van der Waals surface area contributed by atoms with Crippen molar-refractivity contribution in [2.75, 3.05) is 19.8 Å². The molecule has 0 atom stereocenters. The molecule has 0 heterocycles. The molecule has 0 radical (unpaired) electrons. The van der Waals surface area contributed by atoms with E-state index < -0.39 is 12.1 Å². The fourth-order valence-corrected chi connectivity index (χ4v) is 1.45. The third-order valence-electron chi connectivity index (χ3n) is 2.57. The number of nitrogens with one attached hydrogen (secondary N) is 1. The Balaban J connectivity index is 4.74. The second kappa shape index (κ2) is 11.7. The number of allylic oxidation sites excluding steroid dienone is 1. The number of ether oxygens (including phenoxy) is 2. The van der Waals surface area contributed by atoms with E-state index in [0.717, 1.165) is 12.8 Å². The smallest absolute Gasteiger partial charge is 0.411 e. The average molecular weight is 298 g/mol. The van der Waals surface area contributed by atoms with Crippen LogP contribution in [0.5, 0.6) is 0 Å². The lowest BCUT2D eigenvalue weighted by atomic mass is 10.1. The lowest BCUT2D eigenvalue weighted by molar-refractivity contribution is -0.138. The number of aliphatic imine (C=N–C) groups is 1. The monoisotopic (exact) mass is 298 g/mol. The van der Waals surface area contributed by atoms with Gasteiger partial charge in [0.25, 0.3) is 0 Å². The van der Waals surface area contributed by atoms with Gasteiger partial charge in [0.05, 0.1) is 18.7 Å². The van der Waals surface area contributed by atoms with Gasteiger partial charge < -0.3 is 9.47 Å². The van der Waals surface area contributed by atoms with E-state index >= 15 is 0 Å². The summed E-state index contributed by atoms with van der Waals surface area (Å²) in [6, 6.07) is 0. The number of hydrogen-bond donors (Lipinski definition) is 1. The summed E-state index contributed by atoms with van der Waals surface area (Å²) in [7, 11) is 0. The quantitative estimate of drug-likeness (QED) is 0.231. The van der Waals surface area contributed by atoms with Crippen LogP contribution in [0.4, 0.5) is 4.79 Å². The van der Waals surface area contributed by atoms with Gasteiger partial charge >= 0.3 is 12.1 Å². The number of carbonyl (C=O) groups excluding carboxylic acids is 3. The maximum atomic E-state index is 11.8. The molecule has 118 valence electrons. The summed E-state index contributed by atoms with van der Waals surface area (Å²) in [5.41, 5.74) is 0.797. The summed E-state index contributed by atoms with van der Waals surface area (Å²) in [5, 5.41) is 2.57. The summed E-state index contributed by atoms with van der Waals surface area (Å²) >= 11 is 0. The second-order valence-electron chi connectivity index (χ2n) is 4.16. The number of alkyl carbamates (subject to hydrolysis) is 1. The highest BCUT2D eigenvalue weighted by Gasteiger charge is 2.14. The van der Waals surface area contributed by atoms with Crippen molar-refractivity contribution in [2.24, 2.45) is 4.99 Å². The third-order valence-corrected chi connectivity index (χ3v) is 2.57. The maximum absolute atomic E-state index is 11.8. The SMILES string of the molecule is CCCCC(NC(=O)OCC)=C(C)C(=O)OCCN=C=O. The number of rotatable bonds is 9. The van der Waals surface area contributed by atoms with Gasteiger partial charge in [-0.25, -0.2) is 19.4 Å². The molecule has 0 aliphatic heterocycles. The van der Waals surface area contributed by atoms with Crippen LogP contribution in [-0.2, 0) is 19.1 Å². The summed E-state index contributed by atoms with van der Waals surface area (Å²) in [6.07, 6.45) is 3.05. The topological polar surface area (TPSA) is 94.1 Å². The standard InChI is InChI=1S/C14H22N2O5/c1-4-6-7-12(16-14(19)20-5-2)11(3)13(18)21-9-8-15-10-17/h4-9H2,1-3H3,(H,16,19). The van der Waals surface area contributed by atoms with E-state index in [2.05, 4.69) is 10.3 Å². The molecule has 7 nitrogen and oxygen atoms in total. The number of isocyanates is 1. The molecule has 0 unspecified atom stereocenters. The largest absolute Gasteiger partial charge is 0.460 e. The normalized spacial score (nSPS) is 11.0. The lowest BCUT2D eigenvalue weighted by Crippen LogP contribution is -2.26. The molecule has 0 fully saturated rings. The van der Waals surface area contributed by atoms with Gasteiger partial charge in [0, 0.05) is 5.70 Å². The van der Waals surface area contributed by atoms with Gasteiger partial charge in [-0.3, -0.25) is 5.32 Å². The van der Waals surface area contributed by atoms with Crippen molar-refractivity contribution in [3.63, 3.8) is 0 Å². The molecular weight excluding hydrogens is 276 g/mol. The molecule has 0 spiro atoms. The molecule has 0 aromatic rings. The molecule has 0 saturated carbocycles. The first kappa shape index (κ1) is 18.9. The Hall–Kier alpha value is -2.14. The van der Waals surface area contributed by atoms with Gasteiger partial charge in [-0.1, -0.05) is 13.3 Å². The predicted molar refractivity (Wildman–Crippen MR) is 76.3 cm³/mol. The molecule has 1 N–H and O–H groups in total. The number of unbranched alkanes of at least 4 members (excludes halogenated alkanes) is 1. The second-order valence-corrected chi connectivity index (χ2v) is 4.16. The summed E-state index contributed by atoms with van der Waals surface area (Å²) in [6.45, 7) is 5.59. The van der Waals surface area contributed by atoms with Gasteiger partial charge in [0.1, 0.15) is 6.61 Å². The molecule has 0 bridgehead atoms. The number of amides is 1. The number of hydrogen-bond acceptors (Lipinski definition) is 6. The van der Waals surface area contributed by atoms with E-state index in [0.29, 0.717) is 17.7 Å². The van der Waals surface area contributed by atoms with E-state index in [9.17, 15) is 14.4 Å². The summed E-state index contributed by atoms with van der Waals surface area (Å²) in [4.78, 5) is 36.5. The number of carbonyl (C=O) groups is 2. The zero-order valence-electron chi connectivity index (χ0n) is 12.7. The summed E-state index contributed by atoms with van der Waals surface area (Å²) < 4.78 is 9.75. The fourth-order valence-electron chi connectivity index (χ4n) is 1.45. The zero-order chi connectivity index (χ0) is 16.1. The highest BCUT2D eigenvalue weighted by atomic mass is 16.5. The Kier molecular flexibility index (Phi) is 10.5. The number of nitrogens with zero attached hydrogens (tertiary/aromatic N) is 1. The molecule has 0 saturated heterocycles. The Morgan fingerprint density at radius 3 is 2.52 bits per heavy atom. The van der Waals surface area contributed by atoms with Gasteiger partial charge in [-0.15, -0.1) is 0 Å². The zero-order valence-corrected chi connectivity index (χ0v) is 12.7. The van der Waals surface area contributed by atoms with Gasteiger partial charge in [0.15, 0.2) is 0 Å². The van der Waals surface area contributed by atoms with E-state index in [1.807, 2.05) is 6.92 Å². The van der Waals surface area contributed by atoms with Crippen molar-refractivity contribution in [3.8, 4) is 0 Å². The molecule has 7 heteroatoms. The fraction of sp³-hybridized carbons (Fsp3) is 0.643. The predicted octanol–water partition coefficient (Wildman–Crippen LogP) is 2.08. The van der Waals surface area contributed by atoms with Crippen LogP contribution in [-0.4, -0.2) is 37.9 Å². The first-order valence-corrected chi connectivity index (χ1v) is 6.91. The first-order valence-electron chi connectivity index (χ1n) is 6.91. The molecular formula is C14H22N2O5. The minimum absolute atomic E-state index is 0.00806. The Labute approximate surface area is 124 Å². The van der Waals surface area contributed by atoms with Crippen LogP contribution >= 0.6 is 0 Å². The molecule has 0 aliphatic rings. The highest BCUT2D eigenvalue weighted by Crippen LogP contribution is 2.12. The molecule has 0 aromatic heterocycles. The first-order chi connectivity index (χ1) is 10.1. The minimum Gasteiger partial charge on any atom is -0.460 e. The lowest BCUT2D eigenvalue weighted by Gasteiger charge is -2.13. The van der Waals surface area contributed by atoms with E-state index in [-0.39, 0.29) is 19.8 Å². The molecule has 21 heavy (non-hydrogen) atoms. The van der Waals surface area contributed by atoms with Crippen LogP contribution in [0.25, 0.3) is 0 Å². The van der Waals surface area contributed by atoms with Crippen molar-refractivity contribution in [2.45, 2.75) is 40.0 Å². The third kappa shape index (κ3) is 8.60. The van der Waals surface area contributed by atoms with Gasteiger partial charge in [0.2, 0.25) is 6.08 Å². The van der Waals surface area contributed by atoms with Crippen LogP contribution < -0.4 is 5.32 Å². The highest BCUT2D eigenvalue weighted by molar-refractivity contribution is 5.89. The van der Waals surface area contributed by atoms with Crippen LogP contribution in [0.3, 0.4) is 0 Å². The minimum atomic E-state index is -0.596. The van der Waals surface area contributed by atoms with Crippen molar-refractivity contribution in [1.82, 2.24) is 5.32 Å². The average Bonchev–Trinajstić information content (AvgIpc) is 2.47. The Bertz CT molecular complexity index is 425. The van der Waals surface area contributed by atoms with E-state index in [1.54, 1.807) is 13.8 Å². The Morgan fingerprint density at radius 2 is 1.95 bits per heavy atom. The Morgan fingerprint density at radius 1 is 1.24 bits per heavy atom.